The summed E-state index contributed by atoms with van der Waals surface area (Å²) in [7, 11) is 4.61. The van der Waals surface area contributed by atoms with Crippen LogP contribution in [0, 0.1) is 0 Å². The van der Waals surface area contributed by atoms with Crippen molar-refractivity contribution in [3.63, 3.8) is 0 Å². The molecule has 0 bridgehead atoms. The molecule has 2 aromatic carbocycles. The van der Waals surface area contributed by atoms with Crippen LogP contribution in [0.2, 0.25) is 0 Å². The van der Waals surface area contributed by atoms with Gasteiger partial charge in [0, 0.05) is 53.9 Å². The second-order valence-electron chi connectivity index (χ2n) is 11.9. The van der Waals surface area contributed by atoms with E-state index in [0.29, 0.717) is 59.0 Å². The molecule has 3 atom stereocenters. The third kappa shape index (κ3) is 10.8. The number of halogens is 1. The monoisotopic (exact) mass is 762 g/mol. The maximum Gasteiger partial charge on any atom is 3.00 e. The Bertz CT molecular complexity index is 1820. The minimum atomic E-state index is -0.725. The number of carbonyl (C=O) groups excluding carboxylic acids is 2. The van der Waals surface area contributed by atoms with Gasteiger partial charge in [-0.15, -0.1) is 23.8 Å². The number of nitrogens with zero attached hydrogens (tertiary/aromatic N) is 3. The average Bonchev–Trinajstić information content (AvgIpc) is 3.67. The van der Waals surface area contributed by atoms with Gasteiger partial charge in [-0.25, -0.2) is 4.99 Å². The van der Waals surface area contributed by atoms with Crippen molar-refractivity contribution in [3.8, 4) is 17.2 Å². The predicted octanol–water partition coefficient (Wildman–Crippen LogP) is 0.843. The zero-order valence-electron chi connectivity index (χ0n) is 29.9. The summed E-state index contributed by atoms with van der Waals surface area (Å²) in [5.74, 6) is 1.38. The molecule has 0 fully saturated rings. The fourth-order valence-electron chi connectivity index (χ4n) is 5.72. The number of nitrogens with two attached hydrogens (primary N) is 1. The topological polar surface area (TPSA) is 198 Å². The van der Waals surface area contributed by atoms with Crippen molar-refractivity contribution in [1.82, 2.24) is 4.98 Å². The molecule has 51 heavy (non-hydrogen) atoms. The van der Waals surface area contributed by atoms with Crippen LogP contribution in [0.25, 0.3) is 17.0 Å². The van der Waals surface area contributed by atoms with Crippen molar-refractivity contribution in [2.45, 2.75) is 58.7 Å². The second-order valence-corrected chi connectivity index (χ2v) is 12.2. The molecule has 2 aliphatic rings. The Hall–Kier alpha value is -3.90. The standard InChI is InChI=1S/C26H28ClN5O4.2C5H9O2.Cr/c1-34-20-10-14-9-18(31-22(14)25(36-3)24(20)35-2)26(33)32-13-15(12-27)21-16-5-4-7-30-23(16)17(11-19(21)32)29-8-6-28;2*1-4(6)3-5(2)7;/h4-5,7,9-11,15,29,33H,6,8,12-13,28H2,1-3H3;2*4H,3H2,1-2H3;/q;2*-1;+3/p-1/b26-18-;;;. The van der Waals surface area contributed by atoms with Crippen LogP contribution >= 0.6 is 11.6 Å². The summed E-state index contributed by atoms with van der Waals surface area (Å²) in [6, 6.07) is 7.65. The summed E-state index contributed by atoms with van der Waals surface area (Å²) in [5, 5.41) is 39.7. The van der Waals surface area contributed by atoms with Crippen molar-refractivity contribution < 1.29 is 56.5 Å². The van der Waals surface area contributed by atoms with E-state index in [1.165, 1.54) is 41.9 Å². The van der Waals surface area contributed by atoms with Gasteiger partial charge >= 0.3 is 17.4 Å². The fourth-order valence-corrected chi connectivity index (χ4v) is 5.97. The van der Waals surface area contributed by atoms with Crippen LogP contribution in [0.15, 0.2) is 47.0 Å². The molecule has 1 aromatic heterocycles. The molecule has 3 aromatic rings. The molecule has 3 unspecified atom stereocenters. The quantitative estimate of drug-likeness (QED) is 0.195. The van der Waals surface area contributed by atoms with Crippen molar-refractivity contribution in [2.75, 3.05) is 57.1 Å². The number of fused-ring (bicyclic) bond motifs is 4. The molecule has 0 saturated heterocycles. The first-order valence-electron chi connectivity index (χ1n) is 16.1. The van der Waals surface area contributed by atoms with E-state index in [1.54, 1.807) is 30.3 Å². The molecule has 1 radical (unpaired) electrons. The maximum absolute atomic E-state index is 13.9. The Balaban J connectivity index is 0.000000509. The summed E-state index contributed by atoms with van der Waals surface area (Å²) in [6.07, 6.45) is 2.38. The molecule has 5 rings (SSSR count). The summed E-state index contributed by atoms with van der Waals surface area (Å²) in [5.41, 5.74) is 9.47. The van der Waals surface area contributed by atoms with Gasteiger partial charge in [0.2, 0.25) is 5.75 Å². The van der Waals surface area contributed by atoms with Gasteiger partial charge < -0.3 is 55.1 Å². The number of Topliss-reactive ketones (excluding diaryl/α,β-unsaturated/α-hetero) is 2. The van der Waals surface area contributed by atoms with Crippen LogP contribution in [0.3, 0.4) is 0 Å². The Morgan fingerprint density at radius 2 is 1.69 bits per heavy atom. The number of benzene rings is 2. The Morgan fingerprint density at radius 1 is 1.06 bits per heavy atom. The van der Waals surface area contributed by atoms with E-state index in [2.05, 4.69) is 15.3 Å². The molecule has 0 spiro atoms. The zero-order valence-corrected chi connectivity index (χ0v) is 31.9. The van der Waals surface area contributed by atoms with Crippen molar-refractivity contribution in [1.29, 1.82) is 0 Å². The summed E-state index contributed by atoms with van der Waals surface area (Å²) < 4.78 is 16.5. The first kappa shape index (κ1) is 43.3. The van der Waals surface area contributed by atoms with Gasteiger partial charge in [0.1, 0.15) is 16.9 Å². The number of pyridine rings is 1. The van der Waals surface area contributed by atoms with E-state index in [0.717, 1.165) is 27.8 Å². The van der Waals surface area contributed by atoms with Gasteiger partial charge in [-0.1, -0.05) is 19.9 Å². The SMILES string of the molecule is CC(=O)CC(C)[O-].CC(=O)CC(C)[O-].COc1cc2c(c(OC)c1OC)=N/C(=C(\[O-])N1CC(CCl)c3c1cc(NCCN)c1ncccc31)C=2.[Cr+3]. The zero-order chi connectivity index (χ0) is 37.1. The second kappa shape index (κ2) is 20.2. The van der Waals surface area contributed by atoms with E-state index in [1.807, 2.05) is 18.2 Å². The molecular weight excluding hydrogens is 718 g/mol. The number of alkyl halides is 1. The van der Waals surface area contributed by atoms with Gasteiger partial charge in [-0.2, -0.15) is 0 Å². The van der Waals surface area contributed by atoms with Gasteiger partial charge in [0.25, 0.3) is 0 Å². The van der Waals surface area contributed by atoms with Gasteiger partial charge in [0.15, 0.2) is 11.5 Å². The number of hydrogen-bond acceptors (Lipinski definition) is 13. The third-order valence-electron chi connectivity index (χ3n) is 7.63. The number of anilines is 2. The summed E-state index contributed by atoms with van der Waals surface area (Å²) in [4.78, 5) is 31.1. The molecule has 3 heterocycles. The minimum absolute atomic E-state index is 0. The number of aromatic nitrogens is 1. The molecule has 0 saturated carbocycles. The normalized spacial score (nSPS) is 15.9. The van der Waals surface area contributed by atoms with Crippen LogP contribution in [-0.4, -0.2) is 75.6 Å². The molecule has 3 N–H and O–H groups in total. The maximum atomic E-state index is 13.9. The molecule has 15 heteroatoms. The van der Waals surface area contributed by atoms with Crippen LogP contribution in [0.4, 0.5) is 11.4 Å². The van der Waals surface area contributed by atoms with E-state index >= 15 is 0 Å². The summed E-state index contributed by atoms with van der Waals surface area (Å²) >= 11 is 6.40. The Morgan fingerprint density at radius 3 is 2.18 bits per heavy atom. The number of nitrogens with one attached hydrogen (secondary N) is 1. The Kier molecular flexibility index (Phi) is 17.2. The molecule has 0 amide bonds. The van der Waals surface area contributed by atoms with Gasteiger partial charge in [-0.3, -0.25) is 4.98 Å². The largest absolute Gasteiger partial charge is 3.00 e. The van der Waals surface area contributed by atoms with Crippen molar-refractivity contribution in [2.24, 2.45) is 10.7 Å². The number of ether oxygens (including phenoxy) is 3. The molecular formula is C36H45ClCrN5O8. The predicted molar refractivity (Wildman–Crippen MR) is 188 cm³/mol. The first-order valence-corrected chi connectivity index (χ1v) is 16.6. The van der Waals surface area contributed by atoms with Crippen LogP contribution in [0.1, 0.15) is 52.0 Å². The van der Waals surface area contributed by atoms with Crippen LogP contribution < -0.4 is 56.1 Å². The molecule has 13 nitrogen and oxygen atoms in total. The molecule has 2 aliphatic heterocycles. The van der Waals surface area contributed by atoms with E-state index in [9.17, 15) is 24.9 Å². The van der Waals surface area contributed by atoms with Crippen molar-refractivity contribution in [3.05, 3.63) is 58.2 Å². The number of methoxy groups -OCH3 is 3. The van der Waals surface area contributed by atoms with Crippen molar-refractivity contribution >= 4 is 51.5 Å². The molecule has 0 aliphatic carbocycles. The van der Waals surface area contributed by atoms with E-state index < -0.39 is 12.2 Å². The van der Waals surface area contributed by atoms with E-state index in [-0.39, 0.29) is 53.6 Å². The average molecular weight is 763 g/mol. The van der Waals surface area contributed by atoms with Crippen LogP contribution in [-0.2, 0) is 27.0 Å². The first-order chi connectivity index (χ1) is 23.8. The Labute approximate surface area is 313 Å². The van der Waals surface area contributed by atoms with E-state index in [4.69, 9.17) is 31.5 Å². The third-order valence-corrected chi connectivity index (χ3v) is 8.00. The van der Waals surface area contributed by atoms with Crippen LogP contribution in [0.5, 0.6) is 17.2 Å². The smallest absolute Gasteiger partial charge is 0.859 e. The number of carbonyl (C=O) groups is 2. The number of hydrogen-bond donors (Lipinski definition) is 2. The number of rotatable bonds is 12. The number of ketones is 2. The number of allylic oxidation sites excluding steroid dienone is 1. The fraction of sp³-hybridized carbons (Fsp3) is 0.444. The molecule has 275 valence electrons. The summed E-state index contributed by atoms with van der Waals surface area (Å²) in [6.45, 7) is 7.31. The minimum Gasteiger partial charge on any atom is -0.859 e. The van der Waals surface area contributed by atoms with Gasteiger partial charge in [0.05, 0.1) is 38.2 Å². The van der Waals surface area contributed by atoms with Gasteiger partial charge in [-0.05, 0) is 62.4 Å².